The average Bonchev–Trinajstić information content (AvgIpc) is 3.08. The van der Waals surface area contributed by atoms with Crippen molar-refractivity contribution in [2.75, 3.05) is 10.6 Å². The van der Waals surface area contributed by atoms with Gasteiger partial charge in [-0.05, 0) is 48.5 Å². The molecule has 3 aromatic rings. The molecule has 3 rings (SSSR count). The van der Waals surface area contributed by atoms with Crippen molar-refractivity contribution in [3.63, 3.8) is 0 Å². The number of anilines is 2. The van der Waals surface area contributed by atoms with Crippen molar-refractivity contribution in [1.82, 2.24) is 10.2 Å². The van der Waals surface area contributed by atoms with Gasteiger partial charge in [-0.1, -0.05) is 0 Å². The van der Waals surface area contributed by atoms with Gasteiger partial charge in [0.15, 0.2) is 5.82 Å². The fraction of sp³-hybridized carbons (Fsp3) is 0.0625. The lowest BCUT2D eigenvalue weighted by atomic mass is 10.2. The van der Waals surface area contributed by atoms with E-state index in [0.717, 1.165) is 5.76 Å². The molecule has 2 aromatic heterocycles. The Hall–Kier alpha value is -3.22. The fourth-order valence-electron chi connectivity index (χ4n) is 1.87. The van der Waals surface area contributed by atoms with Gasteiger partial charge in [0.1, 0.15) is 17.4 Å². The molecular weight excluding hydrogens is 299 g/mol. The van der Waals surface area contributed by atoms with Crippen molar-refractivity contribution in [3.8, 4) is 0 Å². The summed E-state index contributed by atoms with van der Waals surface area (Å²) in [7, 11) is 0. The van der Waals surface area contributed by atoms with Crippen molar-refractivity contribution in [2.45, 2.75) is 6.54 Å². The monoisotopic (exact) mass is 312 g/mol. The zero-order chi connectivity index (χ0) is 16.1. The highest BCUT2D eigenvalue weighted by Crippen LogP contribution is 2.10. The summed E-state index contributed by atoms with van der Waals surface area (Å²) in [5.41, 5.74) is 0.341. The average molecular weight is 312 g/mol. The molecule has 0 radical (unpaired) electrons. The minimum Gasteiger partial charge on any atom is -0.467 e. The number of furan rings is 1. The number of rotatable bonds is 5. The van der Waals surface area contributed by atoms with E-state index in [-0.39, 0.29) is 5.91 Å². The minimum absolute atomic E-state index is 0.308. The van der Waals surface area contributed by atoms with Gasteiger partial charge in [-0.3, -0.25) is 4.79 Å². The van der Waals surface area contributed by atoms with Crippen LogP contribution in [-0.4, -0.2) is 16.1 Å². The third kappa shape index (κ3) is 3.91. The molecule has 0 saturated carbocycles. The Morgan fingerprint density at radius 2 is 1.78 bits per heavy atom. The van der Waals surface area contributed by atoms with E-state index in [0.29, 0.717) is 23.7 Å². The number of amides is 1. The van der Waals surface area contributed by atoms with E-state index in [1.165, 1.54) is 24.3 Å². The highest BCUT2D eigenvalue weighted by atomic mass is 19.1. The van der Waals surface area contributed by atoms with Gasteiger partial charge in [0.05, 0.1) is 12.8 Å². The van der Waals surface area contributed by atoms with E-state index in [9.17, 15) is 9.18 Å². The number of halogens is 1. The van der Waals surface area contributed by atoms with Crippen molar-refractivity contribution in [3.05, 3.63) is 71.9 Å². The number of nitrogens with zero attached hydrogens (tertiary/aromatic N) is 2. The van der Waals surface area contributed by atoms with Crippen LogP contribution in [0, 0.1) is 5.82 Å². The van der Waals surface area contributed by atoms with Crippen LogP contribution < -0.4 is 10.6 Å². The lowest BCUT2D eigenvalue weighted by Gasteiger charge is -2.06. The van der Waals surface area contributed by atoms with Crippen molar-refractivity contribution >= 4 is 17.5 Å². The van der Waals surface area contributed by atoms with E-state index < -0.39 is 5.82 Å². The number of hydrogen-bond donors (Lipinski definition) is 2. The van der Waals surface area contributed by atoms with Crippen LogP contribution in [0.1, 0.15) is 16.1 Å². The molecule has 0 fully saturated rings. The molecular formula is C16H13FN4O2. The van der Waals surface area contributed by atoms with E-state index in [1.807, 2.05) is 6.07 Å². The predicted molar refractivity (Wildman–Crippen MR) is 82.4 cm³/mol. The summed E-state index contributed by atoms with van der Waals surface area (Å²) in [5.74, 6) is 0.869. The zero-order valence-electron chi connectivity index (χ0n) is 12.0. The highest BCUT2D eigenvalue weighted by molar-refractivity contribution is 6.03. The van der Waals surface area contributed by atoms with Gasteiger partial charge in [0, 0.05) is 5.56 Å². The Bertz CT molecular complexity index is 771. The van der Waals surface area contributed by atoms with E-state index >= 15 is 0 Å². The fourth-order valence-corrected chi connectivity index (χ4v) is 1.87. The van der Waals surface area contributed by atoms with Crippen molar-refractivity contribution < 1.29 is 13.6 Å². The number of aromatic nitrogens is 2. The predicted octanol–water partition coefficient (Wildman–Crippen LogP) is 3.07. The molecule has 0 saturated heterocycles. The normalized spacial score (nSPS) is 10.3. The molecule has 7 heteroatoms. The molecule has 6 nitrogen and oxygen atoms in total. The maximum Gasteiger partial charge on any atom is 0.256 e. The van der Waals surface area contributed by atoms with Gasteiger partial charge >= 0.3 is 0 Å². The standard InChI is InChI=1S/C16H13FN4O2/c17-12-5-3-11(4-6-12)16(22)19-15-8-7-14(20-21-15)18-10-13-2-1-9-23-13/h1-9H,10H2,(H,18,20)(H,19,21,22). The first-order chi connectivity index (χ1) is 11.2. The van der Waals surface area contributed by atoms with Crippen molar-refractivity contribution in [1.29, 1.82) is 0 Å². The van der Waals surface area contributed by atoms with Crippen LogP contribution in [0.4, 0.5) is 16.0 Å². The molecule has 116 valence electrons. The summed E-state index contributed by atoms with van der Waals surface area (Å²) in [6.07, 6.45) is 1.59. The van der Waals surface area contributed by atoms with Gasteiger partial charge in [0.25, 0.3) is 5.91 Å². The van der Waals surface area contributed by atoms with Crippen LogP contribution in [0.2, 0.25) is 0 Å². The first-order valence-corrected chi connectivity index (χ1v) is 6.87. The molecule has 0 spiro atoms. The van der Waals surface area contributed by atoms with Gasteiger partial charge in [-0.15, -0.1) is 10.2 Å². The zero-order valence-corrected chi connectivity index (χ0v) is 12.0. The first-order valence-electron chi connectivity index (χ1n) is 6.87. The van der Waals surface area contributed by atoms with E-state index in [2.05, 4.69) is 20.8 Å². The molecule has 1 aromatic carbocycles. The summed E-state index contributed by atoms with van der Waals surface area (Å²) in [6, 6.07) is 12.2. The van der Waals surface area contributed by atoms with Crippen LogP contribution in [0.15, 0.2) is 59.2 Å². The second-order valence-electron chi connectivity index (χ2n) is 4.70. The summed E-state index contributed by atoms with van der Waals surface area (Å²) < 4.78 is 18.0. The molecule has 0 unspecified atom stereocenters. The second kappa shape index (κ2) is 6.69. The lowest BCUT2D eigenvalue weighted by Crippen LogP contribution is -2.13. The van der Waals surface area contributed by atoms with Crippen LogP contribution in [0.5, 0.6) is 0 Å². The van der Waals surface area contributed by atoms with Crippen LogP contribution >= 0.6 is 0 Å². The summed E-state index contributed by atoms with van der Waals surface area (Å²) in [6.45, 7) is 0.489. The Kier molecular flexibility index (Phi) is 4.28. The topological polar surface area (TPSA) is 80.0 Å². The van der Waals surface area contributed by atoms with Crippen molar-refractivity contribution in [2.24, 2.45) is 0 Å². The molecule has 1 amide bonds. The summed E-state index contributed by atoms with van der Waals surface area (Å²) in [5, 5.41) is 13.5. The van der Waals surface area contributed by atoms with Gasteiger partial charge in [0.2, 0.25) is 0 Å². The molecule has 2 N–H and O–H groups in total. The second-order valence-corrected chi connectivity index (χ2v) is 4.70. The molecule has 0 aliphatic rings. The molecule has 0 atom stereocenters. The molecule has 0 aliphatic heterocycles. The Labute approximate surface area is 131 Å². The Morgan fingerprint density at radius 3 is 2.43 bits per heavy atom. The number of hydrogen-bond acceptors (Lipinski definition) is 5. The third-order valence-corrected chi connectivity index (χ3v) is 3.04. The molecule has 23 heavy (non-hydrogen) atoms. The lowest BCUT2D eigenvalue weighted by molar-refractivity contribution is 0.102. The Morgan fingerprint density at radius 1 is 1.04 bits per heavy atom. The minimum atomic E-state index is -0.395. The SMILES string of the molecule is O=C(Nc1ccc(NCc2ccco2)nn1)c1ccc(F)cc1. The number of benzene rings is 1. The smallest absolute Gasteiger partial charge is 0.256 e. The van der Waals surface area contributed by atoms with Gasteiger partial charge in [-0.2, -0.15) is 0 Å². The third-order valence-electron chi connectivity index (χ3n) is 3.04. The number of carbonyl (C=O) groups is 1. The van der Waals surface area contributed by atoms with Gasteiger partial charge in [-0.25, -0.2) is 4.39 Å². The summed E-state index contributed by atoms with van der Waals surface area (Å²) >= 11 is 0. The molecule has 0 bridgehead atoms. The Balaban J connectivity index is 1.58. The van der Waals surface area contributed by atoms with Crippen LogP contribution in [0.3, 0.4) is 0 Å². The highest BCUT2D eigenvalue weighted by Gasteiger charge is 2.07. The quantitative estimate of drug-likeness (QED) is 0.757. The van der Waals surface area contributed by atoms with Gasteiger partial charge < -0.3 is 15.1 Å². The summed E-state index contributed by atoms with van der Waals surface area (Å²) in [4.78, 5) is 12.0. The number of carbonyl (C=O) groups excluding carboxylic acids is 1. The maximum absolute atomic E-state index is 12.8. The first kappa shape index (κ1) is 14.7. The largest absolute Gasteiger partial charge is 0.467 e. The number of nitrogens with one attached hydrogen (secondary N) is 2. The van der Waals surface area contributed by atoms with Crippen LogP contribution in [-0.2, 0) is 6.54 Å². The van der Waals surface area contributed by atoms with Crippen LogP contribution in [0.25, 0.3) is 0 Å². The van der Waals surface area contributed by atoms with E-state index in [1.54, 1.807) is 24.5 Å². The van der Waals surface area contributed by atoms with E-state index in [4.69, 9.17) is 4.42 Å². The maximum atomic E-state index is 12.8. The molecule has 2 heterocycles. The molecule has 0 aliphatic carbocycles.